The second-order valence-electron chi connectivity index (χ2n) is 4.67. The summed E-state index contributed by atoms with van der Waals surface area (Å²) in [6.45, 7) is 0. The number of halogens is 1. The monoisotopic (exact) mass is 241 g/mol. The van der Waals surface area contributed by atoms with Crippen molar-refractivity contribution >= 4 is 22.9 Å². The average Bonchev–Trinajstić information content (AvgIpc) is 2.52. The summed E-state index contributed by atoms with van der Waals surface area (Å²) in [5.74, 6) is 0. The molecular weight excluding hydrogens is 226 g/mol. The number of nitrogens with one attached hydrogen (secondary N) is 1. The highest BCUT2D eigenvalue weighted by molar-refractivity contribution is 7.16. The van der Waals surface area contributed by atoms with Gasteiger partial charge in [-0.1, -0.05) is 18.0 Å². The van der Waals surface area contributed by atoms with Crippen LogP contribution >= 0.6 is 22.9 Å². The lowest BCUT2D eigenvalue weighted by Crippen LogP contribution is -2.38. The van der Waals surface area contributed by atoms with Gasteiger partial charge in [-0.15, -0.1) is 11.3 Å². The summed E-state index contributed by atoms with van der Waals surface area (Å²) in [4.78, 5) is 1.52. The summed E-state index contributed by atoms with van der Waals surface area (Å²) in [7, 11) is 0. The molecule has 3 rings (SSSR count). The normalized spacial score (nSPS) is 26.1. The van der Waals surface area contributed by atoms with Gasteiger partial charge in [-0.3, -0.25) is 0 Å². The van der Waals surface area contributed by atoms with Gasteiger partial charge in [0.05, 0.1) is 4.34 Å². The van der Waals surface area contributed by atoms with E-state index in [1.54, 1.807) is 11.3 Å². The molecule has 1 unspecified atom stereocenters. The number of rotatable bonds is 2. The van der Waals surface area contributed by atoms with Crippen molar-refractivity contribution in [1.29, 1.82) is 0 Å². The van der Waals surface area contributed by atoms with E-state index in [9.17, 15) is 0 Å². The molecular formula is C12H16ClNS. The maximum absolute atomic E-state index is 6.09. The zero-order chi connectivity index (χ0) is 10.3. The van der Waals surface area contributed by atoms with Crippen molar-refractivity contribution in [1.82, 2.24) is 5.32 Å². The van der Waals surface area contributed by atoms with E-state index in [1.807, 2.05) is 0 Å². The first kappa shape index (κ1) is 10.1. The van der Waals surface area contributed by atoms with E-state index < -0.39 is 0 Å². The molecule has 0 spiro atoms. The van der Waals surface area contributed by atoms with E-state index in [0.29, 0.717) is 6.04 Å². The maximum Gasteiger partial charge on any atom is 0.0934 e. The van der Waals surface area contributed by atoms with Crippen molar-refractivity contribution < 1.29 is 0 Å². The molecule has 1 aromatic rings. The summed E-state index contributed by atoms with van der Waals surface area (Å²) in [6, 6.07) is 3.54. The molecule has 1 heterocycles. The number of hydrogen-bond acceptors (Lipinski definition) is 2. The molecule has 1 N–H and O–H groups in total. The molecule has 0 amide bonds. The Morgan fingerprint density at radius 2 is 2.13 bits per heavy atom. The Hall–Kier alpha value is -0.0500. The molecule has 0 bridgehead atoms. The van der Waals surface area contributed by atoms with Crippen LogP contribution in [0.5, 0.6) is 0 Å². The minimum Gasteiger partial charge on any atom is -0.307 e. The second kappa shape index (κ2) is 4.08. The van der Waals surface area contributed by atoms with Crippen LogP contribution in [0, 0.1) is 0 Å². The topological polar surface area (TPSA) is 12.0 Å². The fraction of sp³-hybridized carbons (Fsp3) is 0.667. The van der Waals surface area contributed by atoms with Crippen molar-refractivity contribution in [2.45, 2.75) is 50.6 Å². The van der Waals surface area contributed by atoms with Gasteiger partial charge in [-0.2, -0.15) is 0 Å². The lowest BCUT2D eigenvalue weighted by molar-refractivity contribution is 0.291. The molecule has 1 saturated carbocycles. The van der Waals surface area contributed by atoms with Gasteiger partial charge in [0.25, 0.3) is 0 Å². The predicted molar refractivity (Wildman–Crippen MR) is 65.8 cm³/mol. The van der Waals surface area contributed by atoms with Crippen molar-refractivity contribution in [3.8, 4) is 0 Å². The molecule has 0 aliphatic heterocycles. The van der Waals surface area contributed by atoms with Gasteiger partial charge in [-0.05, 0) is 43.7 Å². The predicted octanol–water partition coefficient (Wildman–Crippen LogP) is 3.92. The summed E-state index contributed by atoms with van der Waals surface area (Å²) in [5.41, 5.74) is 1.49. The smallest absolute Gasteiger partial charge is 0.0934 e. The van der Waals surface area contributed by atoms with Crippen molar-refractivity contribution in [3.63, 3.8) is 0 Å². The van der Waals surface area contributed by atoms with Crippen molar-refractivity contribution in [3.05, 3.63) is 20.8 Å². The number of hydrogen-bond donors (Lipinski definition) is 1. The van der Waals surface area contributed by atoms with Gasteiger partial charge >= 0.3 is 0 Å². The highest BCUT2D eigenvalue weighted by Crippen LogP contribution is 2.38. The lowest BCUT2D eigenvalue weighted by atomic mass is 9.88. The van der Waals surface area contributed by atoms with E-state index in [1.165, 1.54) is 49.0 Å². The zero-order valence-corrected chi connectivity index (χ0v) is 10.3. The van der Waals surface area contributed by atoms with Gasteiger partial charge in [0.2, 0.25) is 0 Å². The molecule has 2 aliphatic carbocycles. The lowest BCUT2D eigenvalue weighted by Gasteiger charge is -2.33. The van der Waals surface area contributed by atoms with Crippen LogP contribution in [-0.4, -0.2) is 6.04 Å². The Kier molecular flexibility index (Phi) is 2.75. The van der Waals surface area contributed by atoms with E-state index in [-0.39, 0.29) is 0 Å². The van der Waals surface area contributed by atoms with Gasteiger partial charge in [0.15, 0.2) is 0 Å². The third-order valence-electron chi connectivity index (χ3n) is 3.63. The minimum atomic E-state index is 0.586. The van der Waals surface area contributed by atoms with Crippen LogP contribution < -0.4 is 5.32 Å². The Balaban J connectivity index is 1.78. The molecule has 1 nitrogen and oxygen atoms in total. The van der Waals surface area contributed by atoms with Crippen LogP contribution in [0.25, 0.3) is 0 Å². The molecule has 15 heavy (non-hydrogen) atoms. The standard InChI is InChI=1S/C12H16ClNS/c13-12-7-9-10(14-8-3-1-4-8)5-2-6-11(9)15-12/h7-8,10,14H,1-6H2. The molecule has 0 radical (unpaired) electrons. The van der Waals surface area contributed by atoms with Gasteiger partial charge in [-0.25, -0.2) is 0 Å². The third kappa shape index (κ3) is 1.95. The quantitative estimate of drug-likeness (QED) is 0.828. The summed E-state index contributed by atoms with van der Waals surface area (Å²) in [5, 5.41) is 3.77. The number of thiophene rings is 1. The zero-order valence-electron chi connectivity index (χ0n) is 8.76. The first-order valence-electron chi connectivity index (χ1n) is 5.87. The van der Waals surface area contributed by atoms with Crippen LogP contribution in [0.1, 0.15) is 48.6 Å². The van der Waals surface area contributed by atoms with Gasteiger partial charge in [0.1, 0.15) is 0 Å². The molecule has 1 fully saturated rings. The molecule has 1 atom stereocenters. The van der Waals surface area contributed by atoms with Crippen LogP contribution in [-0.2, 0) is 6.42 Å². The highest BCUT2D eigenvalue weighted by atomic mass is 35.5. The molecule has 3 heteroatoms. The Bertz CT molecular complexity index is 357. The molecule has 0 aromatic carbocycles. The third-order valence-corrected chi connectivity index (χ3v) is 4.97. The van der Waals surface area contributed by atoms with Crippen LogP contribution in [0.15, 0.2) is 6.07 Å². The van der Waals surface area contributed by atoms with Gasteiger partial charge in [0, 0.05) is 17.0 Å². The summed E-state index contributed by atoms with van der Waals surface area (Å²) >= 11 is 7.86. The fourth-order valence-corrected chi connectivity index (χ4v) is 3.94. The highest BCUT2D eigenvalue weighted by Gasteiger charge is 2.26. The van der Waals surface area contributed by atoms with E-state index in [4.69, 9.17) is 11.6 Å². The Morgan fingerprint density at radius 3 is 2.87 bits per heavy atom. The largest absolute Gasteiger partial charge is 0.307 e. The van der Waals surface area contributed by atoms with Crippen molar-refractivity contribution in [2.75, 3.05) is 0 Å². The van der Waals surface area contributed by atoms with Crippen LogP contribution in [0.3, 0.4) is 0 Å². The first-order valence-corrected chi connectivity index (χ1v) is 7.06. The summed E-state index contributed by atoms with van der Waals surface area (Å²) in [6.07, 6.45) is 7.97. The molecule has 82 valence electrons. The van der Waals surface area contributed by atoms with Crippen LogP contribution in [0.2, 0.25) is 4.34 Å². The van der Waals surface area contributed by atoms with Crippen LogP contribution in [0.4, 0.5) is 0 Å². The number of aryl methyl sites for hydroxylation is 1. The van der Waals surface area contributed by atoms with E-state index in [0.717, 1.165) is 10.4 Å². The fourth-order valence-electron chi connectivity index (χ4n) is 2.55. The van der Waals surface area contributed by atoms with Crippen molar-refractivity contribution in [2.24, 2.45) is 0 Å². The maximum atomic E-state index is 6.09. The molecule has 2 aliphatic rings. The average molecular weight is 242 g/mol. The molecule has 1 aromatic heterocycles. The Morgan fingerprint density at radius 1 is 1.27 bits per heavy atom. The van der Waals surface area contributed by atoms with E-state index >= 15 is 0 Å². The molecule has 0 saturated heterocycles. The Labute approximate surface area is 99.8 Å². The van der Waals surface area contributed by atoms with Gasteiger partial charge < -0.3 is 5.32 Å². The first-order chi connectivity index (χ1) is 7.33. The number of fused-ring (bicyclic) bond motifs is 1. The summed E-state index contributed by atoms with van der Waals surface area (Å²) < 4.78 is 0.960. The minimum absolute atomic E-state index is 0.586. The second-order valence-corrected chi connectivity index (χ2v) is 6.44. The SMILES string of the molecule is Clc1cc2c(s1)CCCC2NC1CCC1. The van der Waals surface area contributed by atoms with E-state index in [2.05, 4.69) is 11.4 Å².